The summed E-state index contributed by atoms with van der Waals surface area (Å²) in [6, 6.07) is 0. The third-order valence-electron chi connectivity index (χ3n) is 2.15. The minimum atomic E-state index is -0.485. The molecular weight excluding hydrogens is 319 g/mol. The number of hydrogen-bond acceptors (Lipinski definition) is 4. The lowest BCUT2D eigenvalue weighted by Gasteiger charge is -2.22. The Balaban J connectivity index is 2.57. The topological polar surface area (TPSA) is 66.9 Å². The second-order valence-corrected chi connectivity index (χ2v) is 5.29. The molecule has 1 aromatic rings. The molecule has 0 radical (unpaired) electrons. The van der Waals surface area contributed by atoms with Crippen molar-refractivity contribution in [3.63, 3.8) is 0 Å². The fraction of sp³-hybridized carbons (Fsp3) is 0.500. The van der Waals surface area contributed by atoms with E-state index in [1.807, 2.05) is 13.8 Å². The maximum atomic E-state index is 11.5. The molecule has 0 saturated carbocycles. The number of amides is 1. The summed E-state index contributed by atoms with van der Waals surface area (Å²) in [5.41, 5.74) is -0.485. The molecule has 1 rings (SSSR count). The predicted molar refractivity (Wildman–Crippen MR) is 71.1 cm³/mol. The van der Waals surface area contributed by atoms with Crippen molar-refractivity contribution in [1.82, 2.24) is 15.3 Å². The van der Waals surface area contributed by atoms with Crippen molar-refractivity contribution in [3.8, 4) is 0 Å². The second-order valence-electron chi connectivity index (χ2n) is 4.04. The first kappa shape index (κ1) is 13.1. The summed E-state index contributed by atoms with van der Waals surface area (Å²) in [5, 5.41) is 5.67. The first-order chi connectivity index (χ1) is 7.45. The Morgan fingerprint density at radius 1 is 1.44 bits per heavy atom. The fourth-order valence-electron chi connectivity index (χ4n) is 1.12. The molecule has 0 fully saturated rings. The van der Waals surface area contributed by atoms with Crippen molar-refractivity contribution in [2.24, 2.45) is 5.41 Å². The van der Waals surface area contributed by atoms with Crippen LogP contribution in [0.15, 0.2) is 12.4 Å². The number of anilines is 1. The Morgan fingerprint density at radius 3 is 2.50 bits per heavy atom. The first-order valence-electron chi connectivity index (χ1n) is 4.89. The van der Waals surface area contributed by atoms with Crippen LogP contribution in [0.2, 0.25) is 0 Å². The zero-order chi connectivity index (χ0) is 12.2. The first-order valence-corrected chi connectivity index (χ1v) is 5.97. The maximum absolute atomic E-state index is 11.5. The number of nitrogens with one attached hydrogen (secondary N) is 2. The van der Waals surface area contributed by atoms with Gasteiger partial charge in [0.25, 0.3) is 0 Å². The van der Waals surface area contributed by atoms with E-state index in [2.05, 4.69) is 43.2 Å². The molecule has 0 aliphatic carbocycles. The average molecular weight is 334 g/mol. The molecule has 0 saturated heterocycles. The van der Waals surface area contributed by atoms with Crippen LogP contribution in [-0.4, -0.2) is 29.5 Å². The van der Waals surface area contributed by atoms with Gasteiger partial charge in [-0.3, -0.25) is 4.79 Å². The Morgan fingerprint density at radius 2 is 2.00 bits per heavy atom. The number of carbonyl (C=O) groups excluding carboxylic acids is 1. The molecule has 1 amide bonds. The van der Waals surface area contributed by atoms with Gasteiger partial charge >= 0.3 is 0 Å². The number of aromatic nitrogens is 2. The Labute approximate surface area is 109 Å². The highest BCUT2D eigenvalue weighted by atomic mass is 127. The van der Waals surface area contributed by atoms with E-state index in [4.69, 9.17) is 0 Å². The molecule has 1 heterocycles. The lowest BCUT2D eigenvalue weighted by atomic mass is 9.92. The van der Waals surface area contributed by atoms with Crippen molar-refractivity contribution in [2.45, 2.75) is 13.8 Å². The normalized spacial score (nSPS) is 11.0. The van der Waals surface area contributed by atoms with E-state index in [-0.39, 0.29) is 5.91 Å². The van der Waals surface area contributed by atoms with E-state index in [1.165, 1.54) is 0 Å². The van der Waals surface area contributed by atoms with Crippen LogP contribution < -0.4 is 10.6 Å². The summed E-state index contributed by atoms with van der Waals surface area (Å²) >= 11 is 2.14. The Hall–Kier alpha value is -0.920. The highest BCUT2D eigenvalue weighted by Crippen LogP contribution is 2.15. The van der Waals surface area contributed by atoms with Crippen molar-refractivity contribution < 1.29 is 4.79 Å². The second kappa shape index (κ2) is 5.42. The number of hydrogen-bond donors (Lipinski definition) is 2. The van der Waals surface area contributed by atoms with Gasteiger partial charge in [-0.15, -0.1) is 0 Å². The Bertz CT molecular complexity index is 364. The summed E-state index contributed by atoms with van der Waals surface area (Å²) in [6.45, 7) is 4.23. The van der Waals surface area contributed by atoms with Crippen LogP contribution in [0.3, 0.4) is 0 Å². The van der Waals surface area contributed by atoms with Crippen molar-refractivity contribution in [1.29, 1.82) is 0 Å². The average Bonchev–Trinajstić information content (AvgIpc) is 2.27. The van der Waals surface area contributed by atoms with Gasteiger partial charge in [-0.25, -0.2) is 9.97 Å². The Kier molecular flexibility index (Phi) is 4.45. The van der Waals surface area contributed by atoms with Crippen LogP contribution in [0.4, 0.5) is 5.95 Å². The van der Waals surface area contributed by atoms with Crippen LogP contribution in [-0.2, 0) is 4.79 Å². The van der Waals surface area contributed by atoms with Gasteiger partial charge in [0.1, 0.15) is 0 Å². The third-order valence-corrected chi connectivity index (χ3v) is 2.71. The largest absolute Gasteiger partial charge is 0.359 e. The van der Waals surface area contributed by atoms with Crippen molar-refractivity contribution in [2.75, 3.05) is 18.9 Å². The summed E-state index contributed by atoms with van der Waals surface area (Å²) in [5.74, 6) is 0.530. The summed E-state index contributed by atoms with van der Waals surface area (Å²) in [7, 11) is 1.63. The van der Waals surface area contributed by atoms with Crippen molar-refractivity contribution in [3.05, 3.63) is 16.0 Å². The highest BCUT2D eigenvalue weighted by Gasteiger charge is 2.26. The molecule has 0 aliphatic heterocycles. The van der Waals surface area contributed by atoms with E-state index in [9.17, 15) is 4.79 Å². The fourth-order valence-corrected chi connectivity index (χ4v) is 1.40. The molecule has 0 aliphatic rings. The summed E-state index contributed by atoms with van der Waals surface area (Å²) < 4.78 is 0.980. The molecule has 2 N–H and O–H groups in total. The van der Waals surface area contributed by atoms with Gasteiger partial charge in [0.15, 0.2) is 0 Å². The molecule has 0 spiro atoms. The van der Waals surface area contributed by atoms with Gasteiger partial charge < -0.3 is 10.6 Å². The van der Waals surface area contributed by atoms with Crippen molar-refractivity contribution >= 4 is 34.4 Å². The van der Waals surface area contributed by atoms with Crippen LogP contribution in [0.5, 0.6) is 0 Å². The number of carbonyl (C=O) groups is 1. The number of nitrogens with zero attached hydrogens (tertiary/aromatic N) is 2. The molecule has 5 nitrogen and oxygen atoms in total. The molecule has 16 heavy (non-hydrogen) atoms. The van der Waals surface area contributed by atoms with Crippen LogP contribution >= 0.6 is 22.6 Å². The summed E-state index contributed by atoms with van der Waals surface area (Å²) in [4.78, 5) is 19.7. The van der Waals surface area contributed by atoms with Gasteiger partial charge in [0.05, 0.1) is 5.41 Å². The minimum absolute atomic E-state index is 0.00879. The van der Waals surface area contributed by atoms with E-state index in [1.54, 1.807) is 19.4 Å². The lowest BCUT2D eigenvalue weighted by molar-refractivity contribution is -0.128. The molecule has 1 aromatic heterocycles. The zero-order valence-corrected chi connectivity index (χ0v) is 11.7. The van der Waals surface area contributed by atoms with Gasteiger partial charge in [0.2, 0.25) is 11.9 Å². The predicted octanol–water partition coefficient (Wildman–Crippen LogP) is 1.27. The minimum Gasteiger partial charge on any atom is -0.359 e. The van der Waals surface area contributed by atoms with Gasteiger partial charge in [0, 0.05) is 29.6 Å². The molecular formula is C10H15IN4O. The highest BCUT2D eigenvalue weighted by molar-refractivity contribution is 14.1. The standard InChI is InChI=1S/C10H15IN4O/c1-10(2,8(16)12-3)6-15-9-13-4-7(11)5-14-9/h4-5H,6H2,1-3H3,(H,12,16)(H,13,14,15). The van der Waals surface area contributed by atoms with Gasteiger partial charge in [-0.1, -0.05) is 0 Å². The smallest absolute Gasteiger partial charge is 0.227 e. The van der Waals surface area contributed by atoms with Crippen LogP contribution in [0, 0.1) is 8.99 Å². The monoisotopic (exact) mass is 334 g/mol. The van der Waals surface area contributed by atoms with Gasteiger partial charge in [-0.05, 0) is 36.4 Å². The van der Waals surface area contributed by atoms with E-state index < -0.39 is 5.41 Å². The lowest BCUT2D eigenvalue weighted by Crippen LogP contribution is -2.39. The van der Waals surface area contributed by atoms with E-state index in [0.29, 0.717) is 12.5 Å². The SMILES string of the molecule is CNC(=O)C(C)(C)CNc1ncc(I)cn1. The van der Waals surface area contributed by atoms with E-state index in [0.717, 1.165) is 3.57 Å². The molecule has 0 atom stereocenters. The number of rotatable bonds is 4. The molecule has 6 heteroatoms. The quantitative estimate of drug-likeness (QED) is 0.814. The van der Waals surface area contributed by atoms with Crippen LogP contribution in [0.1, 0.15) is 13.8 Å². The van der Waals surface area contributed by atoms with Gasteiger partial charge in [-0.2, -0.15) is 0 Å². The van der Waals surface area contributed by atoms with Crippen LogP contribution in [0.25, 0.3) is 0 Å². The van der Waals surface area contributed by atoms with E-state index >= 15 is 0 Å². The maximum Gasteiger partial charge on any atom is 0.227 e. The zero-order valence-electron chi connectivity index (χ0n) is 9.54. The molecule has 0 bridgehead atoms. The molecule has 0 unspecified atom stereocenters. The third kappa shape index (κ3) is 3.58. The summed E-state index contributed by atoms with van der Waals surface area (Å²) in [6.07, 6.45) is 3.45. The number of halogens is 1. The molecule has 0 aromatic carbocycles. The molecule has 88 valence electrons.